The van der Waals surface area contributed by atoms with Gasteiger partial charge < -0.3 is 9.64 Å². The summed E-state index contributed by atoms with van der Waals surface area (Å²) >= 11 is 6.37. The highest BCUT2D eigenvalue weighted by Gasteiger charge is 2.19. The van der Waals surface area contributed by atoms with E-state index in [0.717, 1.165) is 16.8 Å². The molecule has 0 bridgehead atoms. The molecule has 0 heterocycles. The third-order valence-electron chi connectivity index (χ3n) is 5.02. The molecule has 0 radical (unpaired) electrons. The molecule has 0 atom stereocenters. The van der Waals surface area contributed by atoms with Crippen molar-refractivity contribution in [3.8, 4) is 0 Å². The molecule has 0 N–H and O–H groups in total. The number of carbonyl (C=O) groups is 2. The lowest BCUT2D eigenvalue weighted by atomic mass is 10.1. The molecule has 0 unspecified atom stereocenters. The Kier molecular flexibility index (Phi) is 8.23. The van der Waals surface area contributed by atoms with Gasteiger partial charge in [0.2, 0.25) is 0 Å². The SMILES string of the molecule is CCOC(=O)/C(=C/c1ccc(N(Cc2ccccc2Cl)C(=O)c2ccccc2)cc1)CC. The van der Waals surface area contributed by atoms with Crippen LogP contribution in [-0.2, 0) is 16.1 Å². The van der Waals surface area contributed by atoms with Crippen molar-refractivity contribution in [1.29, 1.82) is 0 Å². The second kappa shape index (κ2) is 11.3. The Balaban J connectivity index is 1.93. The summed E-state index contributed by atoms with van der Waals surface area (Å²) in [5, 5.41) is 0.611. The van der Waals surface area contributed by atoms with Gasteiger partial charge in [-0.05, 0) is 60.9 Å². The number of hydrogen-bond acceptors (Lipinski definition) is 3. The Morgan fingerprint density at radius 3 is 2.19 bits per heavy atom. The number of carbonyl (C=O) groups excluding carboxylic acids is 2. The van der Waals surface area contributed by atoms with Crippen LogP contribution in [0.2, 0.25) is 5.02 Å². The third-order valence-corrected chi connectivity index (χ3v) is 5.39. The van der Waals surface area contributed by atoms with Crippen LogP contribution < -0.4 is 4.90 Å². The maximum absolute atomic E-state index is 13.3. The fraction of sp³-hybridized carbons (Fsp3) is 0.185. The van der Waals surface area contributed by atoms with E-state index in [1.165, 1.54) is 0 Å². The zero-order chi connectivity index (χ0) is 22.9. The van der Waals surface area contributed by atoms with Crippen molar-refractivity contribution in [3.05, 3.63) is 106 Å². The number of halogens is 1. The van der Waals surface area contributed by atoms with Crippen molar-refractivity contribution in [3.63, 3.8) is 0 Å². The summed E-state index contributed by atoms with van der Waals surface area (Å²) in [5.74, 6) is -0.423. The molecule has 164 valence electrons. The van der Waals surface area contributed by atoms with Crippen LogP contribution in [0.3, 0.4) is 0 Å². The van der Waals surface area contributed by atoms with E-state index in [1.54, 1.807) is 24.0 Å². The Bertz CT molecular complexity index is 1090. The lowest BCUT2D eigenvalue weighted by molar-refractivity contribution is -0.138. The predicted molar refractivity (Wildman–Crippen MR) is 130 cm³/mol. The molecule has 32 heavy (non-hydrogen) atoms. The predicted octanol–water partition coefficient (Wildman–Crippen LogP) is 6.54. The summed E-state index contributed by atoms with van der Waals surface area (Å²) in [6.07, 6.45) is 2.39. The summed E-state index contributed by atoms with van der Waals surface area (Å²) < 4.78 is 5.11. The van der Waals surface area contributed by atoms with Crippen LogP contribution in [0.1, 0.15) is 41.8 Å². The smallest absolute Gasteiger partial charge is 0.333 e. The zero-order valence-corrected chi connectivity index (χ0v) is 19.0. The van der Waals surface area contributed by atoms with Crippen LogP contribution in [0.15, 0.2) is 84.4 Å². The molecule has 3 aromatic carbocycles. The zero-order valence-electron chi connectivity index (χ0n) is 18.3. The maximum Gasteiger partial charge on any atom is 0.333 e. The lowest BCUT2D eigenvalue weighted by Crippen LogP contribution is -2.30. The van der Waals surface area contributed by atoms with Gasteiger partial charge in [-0.25, -0.2) is 4.79 Å². The summed E-state index contributed by atoms with van der Waals surface area (Å²) in [7, 11) is 0. The quantitative estimate of drug-likeness (QED) is 0.291. The van der Waals surface area contributed by atoms with E-state index in [1.807, 2.05) is 79.7 Å². The minimum atomic E-state index is -0.307. The molecule has 0 aliphatic heterocycles. The van der Waals surface area contributed by atoms with Crippen LogP contribution in [0.4, 0.5) is 5.69 Å². The van der Waals surface area contributed by atoms with Crippen LogP contribution in [-0.4, -0.2) is 18.5 Å². The first-order valence-electron chi connectivity index (χ1n) is 10.6. The molecule has 1 amide bonds. The first-order valence-corrected chi connectivity index (χ1v) is 11.0. The van der Waals surface area contributed by atoms with Crippen molar-refractivity contribution >= 4 is 35.2 Å². The number of esters is 1. The minimum absolute atomic E-state index is 0.116. The number of nitrogens with zero attached hydrogens (tertiary/aromatic N) is 1. The first-order chi connectivity index (χ1) is 15.5. The van der Waals surface area contributed by atoms with Gasteiger partial charge in [0.15, 0.2) is 0 Å². The van der Waals surface area contributed by atoms with Crippen molar-refractivity contribution in [2.75, 3.05) is 11.5 Å². The van der Waals surface area contributed by atoms with Crippen LogP contribution >= 0.6 is 11.6 Å². The molecule has 5 heteroatoms. The molecule has 0 fully saturated rings. The highest BCUT2D eigenvalue weighted by Crippen LogP contribution is 2.25. The van der Waals surface area contributed by atoms with Gasteiger partial charge >= 0.3 is 5.97 Å². The average molecular weight is 448 g/mol. The number of anilines is 1. The third kappa shape index (κ3) is 5.86. The molecule has 3 rings (SSSR count). The second-order valence-corrected chi connectivity index (χ2v) is 7.59. The highest BCUT2D eigenvalue weighted by atomic mass is 35.5. The summed E-state index contributed by atoms with van der Waals surface area (Å²) in [5.41, 5.74) is 3.67. The molecule has 0 spiro atoms. The van der Waals surface area contributed by atoms with E-state index in [9.17, 15) is 9.59 Å². The molecule has 0 saturated heterocycles. The molecular formula is C27H26ClNO3. The van der Waals surface area contributed by atoms with Gasteiger partial charge in [-0.1, -0.05) is 67.1 Å². The lowest BCUT2D eigenvalue weighted by Gasteiger charge is -2.24. The summed E-state index contributed by atoms with van der Waals surface area (Å²) in [6, 6.07) is 24.2. The summed E-state index contributed by atoms with van der Waals surface area (Å²) in [6.45, 7) is 4.39. The largest absolute Gasteiger partial charge is 0.463 e. The highest BCUT2D eigenvalue weighted by molar-refractivity contribution is 6.31. The summed E-state index contributed by atoms with van der Waals surface area (Å²) in [4.78, 5) is 27.1. The molecule has 3 aromatic rings. The molecule has 0 aliphatic carbocycles. The Morgan fingerprint density at radius 2 is 1.56 bits per heavy atom. The van der Waals surface area contributed by atoms with Crippen molar-refractivity contribution in [2.45, 2.75) is 26.8 Å². The Morgan fingerprint density at radius 1 is 0.906 bits per heavy atom. The Hall–Kier alpha value is -3.37. The fourth-order valence-corrected chi connectivity index (χ4v) is 3.49. The van der Waals surface area contributed by atoms with Gasteiger partial charge in [0.05, 0.1) is 13.2 Å². The van der Waals surface area contributed by atoms with Gasteiger partial charge in [0, 0.05) is 21.8 Å². The van der Waals surface area contributed by atoms with Gasteiger partial charge in [-0.15, -0.1) is 0 Å². The Labute approximate surface area is 194 Å². The minimum Gasteiger partial charge on any atom is -0.463 e. The molecule has 4 nitrogen and oxygen atoms in total. The molecule has 0 saturated carbocycles. The number of amides is 1. The average Bonchev–Trinajstić information content (AvgIpc) is 2.83. The molecule has 0 aliphatic rings. The van der Waals surface area contributed by atoms with Gasteiger partial charge in [-0.2, -0.15) is 0 Å². The number of benzene rings is 3. The van der Waals surface area contributed by atoms with E-state index in [-0.39, 0.29) is 11.9 Å². The van der Waals surface area contributed by atoms with Gasteiger partial charge in [0.25, 0.3) is 5.91 Å². The van der Waals surface area contributed by atoms with E-state index in [2.05, 4.69) is 0 Å². The van der Waals surface area contributed by atoms with Crippen LogP contribution in [0.5, 0.6) is 0 Å². The van der Waals surface area contributed by atoms with Crippen molar-refractivity contribution in [2.24, 2.45) is 0 Å². The van der Waals surface area contributed by atoms with Crippen molar-refractivity contribution < 1.29 is 14.3 Å². The fourth-order valence-electron chi connectivity index (χ4n) is 3.29. The van der Waals surface area contributed by atoms with Gasteiger partial charge in [0.1, 0.15) is 0 Å². The standard InChI is InChI=1S/C27H26ClNO3/c1-3-21(27(31)32-4-2)18-20-14-16-24(17-15-20)29(19-23-12-8-9-13-25(23)28)26(30)22-10-6-5-7-11-22/h5-18H,3-4,19H2,1-2H3/b21-18+. The van der Waals surface area contributed by atoms with Crippen molar-refractivity contribution in [1.82, 2.24) is 0 Å². The normalized spacial score (nSPS) is 11.2. The topological polar surface area (TPSA) is 46.6 Å². The molecular weight excluding hydrogens is 422 g/mol. The second-order valence-electron chi connectivity index (χ2n) is 7.18. The number of rotatable bonds is 8. The van der Waals surface area contributed by atoms with Crippen LogP contribution in [0.25, 0.3) is 6.08 Å². The maximum atomic E-state index is 13.3. The van der Waals surface area contributed by atoms with E-state index < -0.39 is 0 Å². The van der Waals surface area contributed by atoms with E-state index in [4.69, 9.17) is 16.3 Å². The first kappa shape index (κ1) is 23.3. The number of hydrogen-bond donors (Lipinski definition) is 0. The van der Waals surface area contributed by atoms with E-state index in [0.29, 0.717) is 35.7 Å². The van der Waals surface area contributed by atoms with E-state index >= 15 is 0 Å². The molecule has 0 aromatic heterocycles. The van der Waals surface area contributed by atoms with Crippen LogP contribution in [0, 0.1) is 0 Å². The number of ether oxygens (including phenoxy) is 1. The monoisotopic (exact) mass is 447 g/mol. The van der Waals surface area contributed by atoms with Gasteiger partial charge in [-0.3, -0.25) is 4.79 Å².